The van der Waals surface area contributed by atoms with Crippen LogP contribution in [0.1, 0.15) is 22.6 Å². The van der Waals surface area contributed by atoms with Gasteiger partial charge in [-0.3, -0.25) is 19.2 Å². The van der Waals surface area contributed by atoms with Gasteiger partial charge >= 0.3 is 0 Å². The molecule has 1 aromatic carbocycles. The molecule has 33 heavy (non-hydrogen) atoms. The predicted molar refractivity (Wildman–Crippen MR) is 119 cm³/mol. The third kappa shape index (κ3) is 4.12. The average Bonchev–Trinajstić information content (AvgIpc) is 3.54. The van der Waals surface area contributed by atoms with Crippen molar-refractivity contribution in [1.29, 1.82) is 0 Å². The highest BCUT2D eigenvalue weighted by atomic mass is 16.2. The van der Waals surface area contributed by atoms with E-state index >= 15 is 0 Å². The summed E-state index contributed by atoms with van der Waals surface area (Å²) in [5, 5.41) is 16.0. The molecule has 0 bridgehead atoms. The Kier molecular flexibility index (Phi) is 5.21. The molecule has 1 aliphatic rings. The Hall–Kier alpha value is -4.28. The number of benzene rings is 1. The Morgan fingerprint density at radius 1 is 1.09 bits per heavy atom. The summed E-state index contributed by atoms with van der Waals surface area (Å²) in [5.74, 6) is -0.0240. The van der Waals surface area contributed by atoms with Gasteiger partial charge in [0.1, 0.15) is 29.6 Å². The van der Waals surface area contributed by atoms with Crippen molar-refractivity contribution in [3.8, 4) is 11.4 Å². The Balaban J connectivity index is 1.27. The second kappa shape index (κ2) is 8.34. The Labute approximate surface area is 189 Å². The van der Waals surface area contributed by atoms with Gasteiger partial charge in [0.15, 0.2) is 0 Å². The van der Waals surface area contributed by atoms with Gasteiger partial charge in [-0.2, -0.15) is 10.2 Å². The molecule has 11 heteroatoms. The van der Waals surface area contributed by atoms with Crippen LogP contribution in [0.3, 0.4) is 0 Å². The van der Waals surface area contributed by atoms with Crippen LogP contribution in [0.25, 0.3) is 11.4 Å². The van der Waals surface area contributed by atoms with Crippen LogP contribution in [-0.4, -0.2) is 59.2 Å². The number of nitrogens with zero attached hydrogens (tertiary/aromatic N) is 8. The molecular weight excluding hydrogens is 422 g/mol. The van der Waals surface area contributed by atoms with Crippen molar-refractivity contribution in [1.82, 2.24) is 39.6 Å². The highest BCUT2D eigenvalue weighted by Crippen LogP contribution is 2.26. The van der Waals surface area contributed by atoms with Crippen LogP contribution in [-0.2, 0) is 24.9 Å². The lowest BCUT2D eigenvalue weighted by Crippen LogP contribution is -2.47. The number of likely N-dealkylation sites (N-methyl/N-ethyl adjacent to an activating group) is 1. The highest BCUT2D eigenvalue weighted by molar-refractivity contribution is 6.01. The van der Waals surface area contributed by atoms with E-state index in [0.717, 1.165) is 11.3 Å². The molecule has 0 fully saturated rings. The molecule has 4 heterocycles. The summed E-state index contributed by atoms with van der Waals surface area (Å²) in [4.78, 5) is 31.4. The van der Waals surface area contributed by atoms with Crippen molar-refractivity contribution >= 4 is 17.6 Å². The molecule has 0 saturated carbocycles. The maximum absolute atomic E-state index is 13.1. The van der Waals surface area contributed by atoms with Crippen LogP contribution in [0, 0.1) is 0 Å². The van der Waals surface area contributed by atoms with Crippen LogP contribution < -0.4 is 10.2 Å². The molecular formula is C22H23N9O2. The molecule has 0 aliphatic carbocycles. The first-order valence-corrected chi connectivity index (χ1v) is 10.6. The van der Waals surface area contributed by atoms with Crippen LogP contribution in [0.5, 0.6) is 0 Å². The Morgan fingerprint density at radius 2 is 1.91 bits per heavy atom. The maximum Gasteiger partial charge on any atom is 0.291 e. The number of carbonyl (C=O) groups is 2. The minimum atomic E-state index is -0.705. The molecule has 1 atom stereocenters. The number of rotatable bonds is 5. The lowest BCUT2D eigenvalue weighted by molar-refractivity contribution is -0.120. The molecule has 1 aliphatic heterocycles. The number of aryl methyl sites for hydroxylation is 2. The normalized spacial score (nSPS) is 15.9. The van der Waals surface area contributed by atoms with Crippen molar-refractivity contribution in [2.45, 2.75) is 25.6 Å². The zero-order valence-electron chi connectivity index (χ0n) is 18.3. The predicted octanol–water partition coefficient (Wildman–Crippen LogP) is 1.09. The lowest BCUT2D eigenvalue weighted by Gasteiger charge is -2.19. The van der Waals surface area contributed by atoms with Gasteiger partial charge in [-0.15, -0.1) is 5.10 Å². The van der Waals surface area contributed by atoms with Crippen LogP contribution in [0.15, 0.2) is 55.0 Å². The van der Waals surface area contributed by atoms with Crippen LogP contribution in [0.2, 0.25) is 0 Å². The fourth-order valence-corrected chi connectivity index (χ4v) is 3.84. The smallest absolute Gasteiger partial charge is 0.291 e. The average molecular weight is 445 g/mol. The number of amides is 2. The number of fused-ring (bicyclic) bond motifs is 1. The minimum Gasteiger partial charge on any atom is -0.337 e. The van der Waals surface area contributed by atoms with E-state index in [1.807, 2.05) is 55.7 Å². The molecule has 3 aromatic heterocycles. The van der Waals surface area contributed by atoms with Crippen molar-refractivity contribution in [2.24, 2.45) is 7.05 Å². The number of hydrogen-bond donors (Lipinski definition) is 1. The van der Waals surface area contributed by atoms with Gasteiger partial charge in [0, 0.05) is 32.9 Å². The fourth-order valence-electron chi connectivity index (χ4n) is 3.84. The molecule has 0 spiro atoms. The van der Waals surface area contributed by atoms with Crippen LogP contribution in [0.4, 0.5) is 5.82 Å². The standard InChI is InChI=1S/C22H23N9O2/c1-28-10-8-16(25-28)18-12-19-29(2)22(33)17(9-11-31(19)26-18)24-21(32)20-23-14-30(27-20)13-15-6-4-3-5-7-15/h3-8,10,12,14,17H,9,11,13H2,1-2H3,(H,24,32). The number of carbonyl (C=O) groups excluding carboxylic acids is 2. The summed E-state index contributed by atoms with van der Waals surface area (Å²) in [6.07, 6.45) is 3.75. The zero-order valence-corrected chi connectivity index (χ0v) is 18.3. The van der Waals surface area contributed by atoms with Crippen molar-refractivity contribution in [2.75, 3.05) is 11.9 Å². The van der Waals surface area contributed by atoms with Gasteiger partial charge in [-0.05, 0) is 18.1 Å². The summed E-state index contributed by atoms with van der Waals surface area (Å²) in [6.45, 7) is 0.977. The third-order valence-corrected chi connectivity index (χ3v) is 5.57. The van der Waals surface area contributed by atoms with E-state index in [1.54, 1.807) is 21.1 Å². The highest BCUT2D eigenvalue weighted by Gasteiger charge is 2.31. The summed E-state index contributed by atoms with van der Waals surface area (Å²) < 4.78 is 5.07. The van der Waals surface area contributed by atoms with Gasteiger partial charge < -0.3 is 5.32 Å². The molecule has 2 amide bonds. The van der Waals surface area contributed by atoms with Gasteiger partial charge in [-0.1, -0.05) is 30.3 Å². The molecule has 5 rings (SSSR count). The maximum atomic E-state index is 13.1. The second-order valence-corrected chi connectivity index (χ2v) is 7.95. The largest absolute Gasteiger partial charge is 0.337 e. The Bertz CT molecular complexity index is 1300. The lowest BCUT2D eigenvalue weighted by atomic mass is 10.2. The van der Waals surface area contributed by atoms with Gasteiger partial charge in [0.2, 0.25) is 5.82 Å². The molecule has 11 nitrogen and oxygen atoms in total. The van der Waals surface area contributed by atoms with Gasteiger partial charge in [0.25, 0.3) is 11.8 Å². The summed E-state index contributed by atoms with van der Waals surface area (Å²) in [6, 6.07) is 12.8. The van der Waals surface area contributed by atoms with E-state index in [-0.39, 0.29) is 11.7 Å². The molecule has 0 radical (unpaired) electrons. The van der Waals surface area contributed by atoms with Crippen molar-refractivity contribution in [3.63, 3.8) is 0 Å². The van der Waals surface area contributed by atoms with E-state index in [0.29, 0.717) is 31.0 Å². The fraction of sp³-hybridized carbons (Fsp3) is 0.273. The summed E-state index contributed by atoms with van der Waals surface area (Å²) >= 11 is 0. The molecule has 1 unspecified atom stereocenters. The van der Waals surface area contributed by atoms with E-state index in [1.165, 1.54) is 11.2 Å². The quantitative estimate of drug-likeness (QED) is 0.492. The monoisotopic (exact) mass is 445 g/mol. The Morgan fingerprint density at radius 3 is 2.67 bits per heavy atom. The first-order valence-electron chi connectivity index (χ1n) is 10.6. The molecule has 4 aromatic rings. The summed E-state index contributed by atoms with van der Waals surface area (Å²) in [7, 11) is 3.52. The van der Waals surface area contributed by atoms with E-state index in [2.05, 4.69) is 25.6 Å². The van der Waals surface area contributed by atoms with E-state index in [9.17, 15) is 9.59 Å². The SMILES string of the molecule is CN1C(=O)C(NC(=O)c2ncn(Cc3ccccc3)n2)CCn2nc(-c3ccn(C)n3)cc21. The number of aromatic nitrogens is 7. The minimum absolute atomic E-state index is 0.0285. The van der Waals surface area contributed by atoms with Crippen LogP contribution >= 0.6 is 0 Å². The molecule has 0 saturated heterocycles. The van der Waals surface area contributed by atoms with E-state index < -0.39 is 11.9 Å². The second-order valence-electron chi connectivity index (χ2n) is 7.95. The zero-order chi connectivity index (χ0) is 22.9. The first-order chi connectivity index (χ1) is 16.0. The third-order valence-electron chi connectivity index (χ3n) is 5.57. The number of nitrogens with one attached hydrogen (secondary N) is 1. The molecule has 168 valence electrons. The number of anilines is 1. The van der Waals surface area contributed by atoms with Crippen molar-refractivity contribution < 1.29 is 9.59 Å². The van der Waals surface area contributed by atoms with Gasteiger partial charge in [0.05, 0.1) is 6.54 Å². The van der Waals surface area contributed by atoms with E-state index in [4.69, 9.17) is 0 Å². The first kappa shape index (κ1) is 20.6. The molecule has 1 N–H and O–H groups in total. The topological polar surface area (TPSA) is 116 Å². The van der Waals surface area contributed by atoms with Crippen molar-refractivity contribution in [3.05, 3.63) is 66.4 Å². The van der Waals surface area contributed by atoms with Gasteiger partial charge in [-0.25, -0.2) is 14.3 Å². The summed E-state index contributed by atoms with van der Waals surface area (Å²) in [5.41, 5.74) is 2.48. The number of hydrogen-bond acceptors (Lipinski definition) is 6.